The molecule has 1 aromatic rings. The van der Waals surface area contributed by atoms with Crippen LogP contribution < -0.4 is 0 Å². The molecule has 0 radical (unpaired) electrons. The molecule has 0 aromatic heterocycles. The quantitative estimate of drug-likeness (QED) is 0.738. The Hall–Kier alpha value is -0.460. The second-order valence-corrected chi connectivity index (χ2v) is 5.53. The zero-order valence-electron chi connectivity index (χ0n) is 9.54. The predicted octanol–water partition coefficient (Wildman–Crippen LogP) is 2.82. The molecular formula is C12H12Br2FNO2. The molecular weight excluding hydrogens is 369 g/mol. The number of hydrogen-bond acceptors (Lipinski definition) is 2. The van der Waals surface area contributed by atoms with E-state index in [1.807, 2.05) is 0 Å². The lowest BCUT2D eigenvalue weighted by molar-refractivity contribution is -0.00965. The van der Waals surface area contributed by atoms with Gasteiger partial charge in [0.25, 0.3) is 5.91 Å². The van der Waals surface area contributed by atoms with Gasteiger partial charge in [-0.25, -0.2) is 4.39 Å². The van der Waals surface area contributed by atoms with Crippen molar-refractivity contribution in [1.82, 2.24) is 4.90 Å². The van der Waals surface area contributed by atoms with Crippen LogP contribution in [0.3, 0.4) is 0 Å². The molecule has 0 N–H and O–H groups in total. The van der Waals surface area contributed by atoms with E-state index in [9.17, 15) is 9.18 Å². The number of carbonyl (C=O) groups excluding carboxylic acids is 1. The fraction of sp³-hybridized carbons (Fsp3) is 0.417. The third kappa shape index (κ3) is 3.10. The number of carbonyl (C=O) groups is 1. The number of morpholine rings is 1. The zero-order chi connectivity index (χ0) is 13.1. The molecule has 0 saturated carbocycles. The normalized spacial score (nSPS) is 19.9. The molecule has 1 amide bonds. The molecule has 1 aromatic carbocycles. The summed E-state index contributed by atoms with van der Waals surface area (Å²) in [6.45, 7) is 1.65. The number of amides is 1. The Kier molecular flexibility index (Phi) is 4.75. The van der Waals surface area contributed by atoms with Gasteiger partial charge < -0.3 is 9.64 Å². The average Bonchev–Trinajstić information content (AvgIpc) is 2.41. The van der Waals surface area contributed by atoms with Crippen LogP contribution >= 0.6 is 31.9 Å². The van der Waals surface area contributed by atoms with Gasteiger partial charge in [-0.3, -0.25) is 4.79 Å². The average molecular weight is 381 g/mol. The van der Waals surface area contributed by atoms with E-state index in [-0.39, 0.29) is 17.8 Å². The molecule has 0 aliphatic carbocycles. The van der Waals surface area contributed by atoms with Gasteiger partial charge in [-0.15, -0.1) is 0 Å². The summed E-state index contributed by atoms with van der Waals surface area (Å²) in [5, 5.41) is 0.698. The molecule has 1 fully saturated rings. The lowest BCUT2D eigenvalue weighted by atomic mass is 10.1. The molecule has 3 nitrogen and oxygen atoms in total. The Morgan fingerprint density at radius 2 is 2.33 bits per heavy atom. The lowest BCUT2D eigenvalue weighted by Gasteiger charge is -2.32. The highest BCUT2D eigenvalue weighted by molar-refractivity contribution is 9.10. The summed E-state index contributed by atoms with van der Waals surface area (Å²) < 4.78 is 18.9. The van der Waals surface area contributed by atoms with E-state index < -0.39 is 0 Å². The predicted molar refractivity (Wildman–Crippen MR) is 73.5 cm³/mol. The van der Waals surface area contributed by atoms with Crippen molar-refractivity contribution in [2.24, 2.45) is 0 Å². The molecule has 6 heteroatoms. The van der Waals surface area contributed by atoms with Gasteiger partial charge in [-0.2, -0.15) is 0 Å². The lowest BCUT2D eigenvalue weighted by Crippen LogP contribution is -2.46. The van der Waals surface area contributed by atoms with Crippen LogP contribution in [0.25, 0.3) is 0 Å². The van der Waals surface area contributed by atoms with Gasteiger partial charge >= 0.3 is 0 Å². The highest BCUT2D eigenvalue weighted by atomic mass is 79.9. The van der Waals surface area contributed by atoms with Crippen LogP contribution in [-0.4, -0.2) is 41.9 Å². The first-order valence-electron chi connectivity index (χ1n) is 5.53. The van der Waals surface area contributed by atoms with E-state index in [4.69, 9.17) is 4.74 Å². The van der Waals surface area contributed by atoms with Crippen LogP contribution in [0.15, 0.2) is 22.7 Å². The van der Waals surface area contributed by atoms with Gasteiger partial charge in [0.2, 0.25) is 0 Å². The minimum absolute atomic E-state index is 0.0200. The SMILES string of the molecule is O=C(c1ccc(F)c(Br)c1)N1CCOC(CBr)C1. The van der Waals surface area contributed by atoms with Crippen LogP contribution in [0, 0.1) is 5.82 Å². The molecule has 98 valence electrons. The van der Waals surface area contributed by atoms with Crippen molar-refractivity contribution in [2.75, 3.05) is 25.0 Å². The van der Waals surface area contributed by atoms with Crippen LogP contribution in [0.4, 0.5) is 4.39 Å². The summed E-state index contributed by atoms with van der Waals surface area (Å²) in [5.74, 6) is -0.461. The Balaban J connectivity index is 2.12. The number of benzene rings is 1. The van der Waals surface area contributed by atoms with E-state index in [0.717, 1.165) is 0 Å². The molecule has 2 rings (SSSR count). The number of hydrogen-bond donors (Lipinski definition) is 0. The van der Waals surface area contributed by atoms with E-state index in [2.05, 4.69) is 31.9 Å². The first-order valence-corrected chi connectivity index (χ1v) is 7.45. The summed E-state index contributed by atoms with van der Waals surface area (Å²) in [5.41, 5.74) is 0.485. The van der Waals surface area contributed by atoms with E-state index in [0.29, 0.717) is 35.1 Å². The summed E-state index contributed by atoms with van der Waals surface area (Å²) in [6, 6.07) is 4.30. The Morgan fingerprint density at radius 3 is 3.00 bits per heavy atom. The van der Waals surface area contributed by atoms with E-state index >= 15 is 0 Å². The van der Waals surface area contributed by atoms with Gasteiger partial charge in [0.05, 0.1) is 17.2 Å². The topological polar surface area (TPSA) is 29.5 Å². The number of rotatable bonds is 2. The first-order chi connectivity index (χ1) is 8.61. The van der Waals surface area contributed by atoms with Crippen LogP contribution in [0.2, 0.25) is 0 Å². The van der Waals surface area contributed by atoms with Gasteiger partial charge in [0.15, 0.2) is 0 Å². The molecule has 0 spiro atoms. The summed E-state index contributed by atoms with van der Waals surface area (Å²) >= 11 is 6.43. The van der Waals surface area contributed by atoms with Crippen molar-refractivity contribution in [3.8, 4) is 0 Å². The van der Waals surface area contributed by atoms with Crippen molar-refractivity contribution in [3.63, 3.8) is 0 Å². The molecule has 18 heavy (non-hydrogen) atoms. The standard InChI is InChI=1S/C12H12Br2FNO2/c13-6-9-7-16(3-4-18-9)12(17)8-1-2-11(15)10(14)5-8/h1-2,5,9H,3-4,6-7H2. The summed E-state index contributed by atoms with van der Waals surface area (Å²) in [4.78, 5) is 14.0. The largest absolute Gasteiger partial charge is 0.374 e. The number of halogens is 3. The first kappa shape index (κ1) is 14.0. The minimum Gasteiger partial charge on any atom is -0.374 e. The maximum atomic E-state index is 13.1. The van der Waals surface area contributed by atoms with E-state index in [1.165, 1.54) is 18.2 Å². The highest BCUT2D eigenvalue weighted by Gasteiger charge is 2.24. The third-order valence-electron chi connectivity index (χ3n) is 2.76. The maximum Gasteiger partial charge on any atom is 0.254 e. The van der Waals surface area contributed by atoms with Crippen molar-refractivity contribution >= 4 is 37.8 Å². The second-order valence-electron chi connectivity index (χ2n) is 4.03. The number of nitrogens with zero attached hydrogens (tertiary/aromatic N) is 1. The molecule has 1 aliphatic heterocycles. The third-order valence-corrected chi connectivity index (χ3v) is 4.09. The molecule has 1 unspecified atom stereocenters. The van der Waals surface area contributed by atoms with Crippen molar-refractivity contribution < 1.29 is 13.9 Å². The van der Waals surface area contributed by atoms with Gasteiger partial charge in [0, 0.05) is 24.0 Å². The molecule has 1 heterocycles. The monoisotopic (exact) mass is 379 g/mol. The number of ether oxygens (including phenoxy) is 1. The maximum absolute atomic E-state index is 13.1. The van der Waals surface area contributed by atoms with E-state index in [1.54, 1.807) is 4.90 Å². The van der Waals surface area contributed by atoms with Gasteiger partial charge in [-0.1, -0.05) is 15.9 Å². The highest BCUT2D eigenvalue weighted by Crippen LogP contribution is 2.19. The molecule has 1 atom stereocenters. The second kappa shape index (κ2) is 6.12. The molecule has 0 bridgehead atoms. The summed E-state index contributed by atoms with van der Waals surface area (Å²) in [7, 11) is 0. The van der Waals surface area contributed by atoms with Crippen LogP contribution in [0.1, 0.15) is 10.4 Å². The Morgan fingerprint density at radius 1 is 1.56 bits per heavy atom. The Labute approximate surface area is 122 Å². The Bertz CT molecular complexity index is 456. The fourth-order valence-corrected chi connectivity index (χ4v) is 2.58. The number of alkyl halides is 1. The summed E-state index contributed by atoms with van der Waals surface area (Å²) in [6.07, 6.45) is 0.0200. The minimum atomic E-state index is -0.369. The van der Waals surface area contributed by atoms with Gasteiger partial charge in [-0.05, 0) is 34.1 Å². The fourth-order valence-electron chi connectivity index (χ4n) is 1.81. The van der Waals surface area contributed by atoms with Crippen molar-refractivity contribution in [1.29, 1.82) is 0 Å². The molecule has 1 saturated heterocycles. The smallest absolute Gasteiger partial charge is 0.254 e. The van der Waals surface area contributed by atoms with Gasteiger partial charge in [0.1, 0.15) is 5.82 Å². The van der Waals surface area contributed by atoms with Crippen LogP contribution in [0.5, 0.6) is 0 Å². The molecule has 1 aliphatic rings. The van der Waals surface area contributed by atoms with Crippen molar-refractivity contribution in [3.05, 3.63) is 34.1 Å². The van der Waals surface area contributed by atoms with Crippen LogP contribution in [-0.2, 0) is 4.74 Å². The zero-order valence-corrected chi connectivity index (χ0v) is 12.7. The van der Waals surface area contributed by atoms with Crippen molar-refractivity contribution in [2.45, 2.75) is 6.10 Å².